The second-order valence-corrected chi connectivity index (χ2v) is 3.29. The van der Waals surface area contributed by atoms with Crippen molar-refractivity contribution in [2.75, 3.05) is 0 Å². The van der Waals surface area contributed by atoms with Gasteiger partial charge in [-0.1, -0.05) is 0 Å². The van der Waals surface area contributed by atoms with Crippen LogP contribution in [-0.2, 0) is 4.79 Å². The topological polar surface area (TPSA) is 69.6 Å². The van der Waals surface area contributed by atoms with E-state index in [4.69, 9.17) is 5.11 Å². The number of carbonyl (C=O) groups excluding carboxylic acids is 1. The molecule has 0 saturated heterocycles. The van der Waals surface area contributed by atoms with Gasteiger partial charge in [0, 0.05) is 0 Å². The highest BCUT2D eigenvalue weighted by Crippen LogP contribution is 2.18. The lowest BCUT2D eigenvalue weighted by Gasteiger charge is -2.17. The summed E-state index contributed by atoms with van der Waals surface area (Å²) in [4.78, 5) is 11.0. The zero-order chi connectivity index (χ0) is 9.14. The van der Waals surface area contributed by atoms with Crippen LogP contribution in [0.5, 0.6) is 0 Å². The third-order valence-corrected chi connectivity index (χ3v) is 2.19. The number of hydrogen-bond acceptors (Lipinski definition) is 3. The van der Waals surface area contributed by atoms with E-state index in [1.165, 1.54) is 6.92 Å². The van der Waals surface area contributed by atoms with E-state index in [0.717, 1.165) is 19.3 Å². The van der Waals surface area contributed by atoms with Crippen molar-refractivity contribution in [2.24, 2.45) is 0 Å². The van der Waals surface area contributed by atoms with Crippen LogP contribution >= 0.6 is 0 Å². The fourth-order valence-corrected chi connectivity index (χ4v) is 1.41. The molecule has 1 saturated carbocycles. The van der Waals surface area contributed by atoms with Gasteiger partial charge in [0.1, 0.15) is 6.10 Å². The first kappa shape index (κ1) is 9.48. The quantitative estimate of drug-likeness (QED) is 0.522. The monoisotopic (exact) mass is 173 g/mol. The van der Waals surface area contributed by atoms with Gasteiger partial charge in [-0.3, -0.25) is 4.79 Å². The van der Waals surface area contributed by atoms with E-state index in [2.05, 4.69) is 5.32 Å². The molecule has 1 fully saturated rings. The fourth-order valence-electron chi connectivity index (χ4n) is 1.41. The van der Waals surface area contributed by atoms with Crippen LogP contribution in [0, 0.1) is 0 Å². The van der Waals surface area contributed by atoms with E-state index in [1.54, 1.807) is 0 Å². The number of amides is 1. The summed E-state index contributed by atoms with van der Waals surface area (Å²) in [6, 6.07) is -0.160. The summed E-state index contributed by atoms with van der Waals surface area (Å²) >= 11 is 0. The van der Waals surface area contributed by atoms with Gasteiger partial charge < -0.3 is 15.5 Å². The number of aliphatic hydroxyl groups is 2. The lowest BCUT2D eigenvalue weighted by molar-refractivity contribution is -0.129. The molecule has 3 unspecified atom stereocenters. The zero-order valence-electron chi connectivity index (χ0n) is 7.16. The van der Waals surface area contributed by atoms with E-state index >= 15 is 0 Å². The fraction of sp³-hybridized carbons (Fsp3) is 0.875. The maximum Gasteiger partial charge on any atom is 0.248 e. The summed E-state index contributed by atoms with van der Waals surface area (Å²) in [6.45, 7) is 1.41. The van der Waals surface area contributed by atoms with Crippen LogP contribution in [-0.4, -0.2) is 34.4 Å². The Kier molecular flexibility index (Phi) is 3.05. The highest BCUT2D eigenvalue weighted by molar-refractivity contribution is 5.80. The molecule has 0 aromatic rings. The molecule has 70 valence electrons. The minimum absolute atomic E-state index is 0.160. The Morgan fingerprint density at radius 2 is 2.25 bits per heavy atom. The highest BCUT2D eigenvalue weighted by atomic mass is 16.3. The van der Waals surface area contributed by atoms with Crippen LogP contribution in [0.1, 0.15) is 26.2 Å². The van der Waals surface area contributed by atoms with Crippen molar-refractivity contribution in [3.8, 4) is 0 Å². The lowest BCUT2D eigenvalue weighted by atomic mass is 10.2. The summed E-state index contributed by atoms with van der Waals surface area (Å²) in [5, 5.41) is 20.8. The number of hydrogen-bond donors (Lipinski definition) is 3. The van der Waals surface area contributed by atoms with Crippen LogP contribution in [0.4, 0.5) is 0 Å². The molecule has 1 rings (SSSR count). The molecular formula is C8H15NO3. The molecular weight excluding hydrogens is 158 g/mol. The molecule has 0 aromatic carbocycles. The summed E-state index contributed by atoms with van der Waals surface area (Å²) < 4.78 is 0. The van der Waals surface area contributed by atoms with Gasteiger partial charge in [0.15, 0.2) is 0 Å². The van der Waals surface area contributed by atoms with E-state index in [1.807, 2.05) is 0 Å². The van der Waals surface area contributed by atoms with Gasteiger partial charge in [-0.05, 0) is 26.2 Å². The first-order valence-corrected chi connectivity index (χ1v) is 4.28. The molecule has 12 heavy (non-hydrogen) atoms. The minimum atomic E-state index is -0.988. The number of nitrogens with one attached hydrogen (secondary N) is 1. The van der Waals surface area contributed by atoms with Gasteiger partial charge in [-0.2, -0.15) is 0 Å². The molecule has 0 spiro atoms. The van der Waals surface area contributed by atoms with Crippen LogP contribution in [0.15, 0.2) is 0 Å². The zero-order valence-corrected chi connectivity index (χ0v) is 7.16. The maximum atomic E-state index is 11.0. The molecule has 0 aromatic heterocycles. The van der Waals surface area contributed by atoms with Gasteiger partial charge in [0.2, 0.25) is 5.91 Å². The molecule has 0 aliphatic heterocycles. The Labute approximate surface area is 71.6 Å². The molecule has 0 bridgehead atoms. The molecule has 0 radical (unpaired) electrons. The van der Waals surface area contributed by atoms with E-state index in [9.17, 15) is 9.90 Å². The number of rotatable bonds is 2. The van der Waals surface area contributed by atoms with Crippen molar-refractivity contribution in [1.29, 1.82) is 0 Å². The molecule has 3 N–H and O–H groups in total. The van der Waals surface area contributed by atoms with Crippen molar-refractivity contribution in [2.45, 2.75) is 44.4 Å². The van der Waals surface area contributed by atoms with Crippen molar-refractivity contribution in [3.63, 3.8) is 0 Å². The maximum absolute atomic E-state index is 11.0. The van der Waals surface area contributed by atoms with Crippen LogP contribution < -0.4 is 5.32 Å². The summed E-state index contributed by atoms with van der Waals surface area (Å²) in [5.41, 5.74) is 0. The Hall–Kier alpha value is -0.610. The van der Waals surface area contributed by atoms with E-state index in [0.29, 0.717) is 0 Å². The average molecular weight is 173 g/mol. The van der Waals surface area contributed by atoms with Gasteiger partial charge in [-0.15, -0.1) is 0 Å². The predicted molar refractivity (Wildman–Crippen MR) is 43.5 cm³/mol. The van der Waals surface area contributed by atoms with E-state index < -0.39 is 18.1 Å². The SMILES string of the molecule is CC(O)C(=O)NC1CCCC1O. The van der Waals surface area contributed by atoms with Gasteiger partial charge in [0.25, 0.3) is 0 Å². The predicted octanol–water partition coefficient (Wildman–Crippen LogP) is -0.603. The Bertz CT molecular complexity index is 170. The Morgan fingerprint density at radius 3 is 2.67 bits per heavy atom. The first-order valence-electron chi connectivity index (χ1n) is 4.28. The van der Waals surface area contributed by atoms with Gasteiger partial charge >= 0.3 is 0 Å². The summed E-state index contributed by atoms with van der Waals surface area (Å²) in [6.07, 6.45) is 1.06. The molecule has 1 amide bonds. The van der Waals surface area contributed by atoms with Crippen LogP contribution in [0.25, 0.3) is 0 Å². The van der Waals surface area contributed by atoms with E-state index in [-0.39, 0.29) is 6.04 Å². The Morgan fingerprint density at radius 1 is 1.58 bits per heavy atom. The minimum Gasteiger partial charge on any atom is -0.391 e. The normalized spacial score (nSPS) is 31.6. The van der Waals surface area contributed by atoms with Gasteiger partial charge in [-0.25, -0.2) is 0 Å². The average Bonchev–Trinajstić information content (AvgIpc) is 2.36. The molecule has 1 aliphatic rings. The smallest absolute Gasteiger partial charge is 0.248 e. The van der Waals surface area contributed by atoms with Crippen LogP contribution in [0.2, 0.25) is 0 Å². The summed E-state index contributed by atoms with van der Waals surface area (Å²) in [5.74, 6) is -0.402. The Balaban J connectivity index is 2.35. The van der Waals surface area contributed by atoms with Crippen molar-refractivity contribution in [3.05, 3.63) is 0 Å². The molecule has 1 aliphatic carbocycles. The summed E-state index contributed by atoms with van der Waals surface area (Å²) in [7, 11) is 0. The number of carbonyl (C=O) groups is 1. The third kappa shape index (κ3) is 2.19. The largest absolute Gasteiger partial charge is 0.391 e. The molecule has 4 nitrogen and oxygen atoms in total. The first-order chi connectivity index (χ1) is 5.61. The molecule has 3 atom stereocenters. The third-order valence-electron chi connectivity index (χ3n) is 2.19. The second kappa shape index (κ2) is 3.87. The lowest BCUT2D eigenvalue weighted by Crippen LogP contribution is -2.43. The van der Waals surface area contributed by atoms with Crippen molar-refractivity contribution < 1.29 is 15.0 Å². The van der Waals surface area contributed by atoms with Gasteiger partial charge in [0.05, 0.1) is 12.1 Å². The van der Waals surface area contributed by atoms with Crippen molar-refractivity contribution >= 4 is 5.91 Å². The van der Waals surface area contributed by atoms with Crippen LogP contribution in [0.3, 0.4) is 0 Å². The molecule has 4 heteroatoms. The van der Waals surface area contributed by atoms with Crippen molar-refractivity contribution in [1.82, 2.24) is 5.32 Å². The molecule has 0 heterocycles. The highest BCUT2D eigenvalue weighted by Gasteiger charge is 2.27. The standard InChI is InChI=1S/C8H15NO3/c1-5(10)8(12)9-6-3-2-4-7(6)11/h5-7,10-11H,2-4H2,1H3,(H,9,12). The number of aliphatic hydroxyl groups excluding tert-OH is 2. The second-order valence-electron chi connectivity index (χ2n) is 3.29.